The number of hydrogen-bond donors (Lipinski definition) is 3. The van der Waals surface area contributed by atoms with Crippen molar-refractivity contribution >= 4 is 33.3 Å². The summed E-state index contributed by atoms with van der Waals surface area (Å²) >= 11 is 5.77. The van der Waals surface area contributed by atoms with E-state index < -0.39 is 20.5 Å². The van der Waals surface area contributed by atoms with Gasteiger partial charge in [0.25, 0.3) is 5.91 Å². The molecule has 1 aliphatic heterocycles. The molecule has 1 aliphatic rings. The van der Waals surface area contributed by atoms with Crippen LogP contribution in [0.1, 0.15) is 23.2 Å². The van der Waals surface area contributed by atoms with Gasteiger partial charge in [-0.3, -0.25) is 9.59 Å². The molecule has 25 heavy (non-hydrogen) atoms. The smallest absolute Gasteiger partial charge is 0.251 e. The van der Waals surface area contributed by atoms with Gasteiger partial charge in [-0.25, -0.2) is 8.42 Å². The Morgan fingerprint density at radius 2 is 1.68 bits per heavy atom. The van der Waals surface area contributed by atoms with Gasteiger partial charge >= 0.3 is 0 Å². The topological polar surface area (TPSA) is 104 Å². The molecule has 3 N–H and O–H groups in total. The van der Waals surface area contributed by atoms with Crippen molar-refractivity contribution in [1.29, 1.82) is 0 Å². The molecule has 0 radical (unpaired) electrons. The number of benzene rings is 1. The summed E-state index contributed by atoms with van der Waals surface area (Å²) in [6.07, 6.45) is 1.59. The number of nitrogens with one attached hydrogen (secondary N) is 3. The summed E-state index contributed by atoms with van der Waals surface area (Å²) in [6, 6.07) is 6.43. The first-order chi connectivity index (χ1) is 11.8. The van der Waals surface area contributed by atoms with Crippen molar-refractivity contribution < 1.29 is 18.0 Å². The highest BCUT2D eigenvalue weighted by atomic mass is 35.5. The number of carbonyl (C=O) groups is 2. The molecule has 2 amide bonds. The van der Waals surface area contributed by atoms with E-state index >= 15 is 0 Å². The molecule has 1 aromatic rings. The van der Waals surface area contributed by atoms with Crippen LogP contribution < -0.4 is 16.0 Å². The molecule has 0 atom stereocenters. The third-order valence-electron chi connectivity index (χ3n) is 4.34. The van der Waals surface area contributed by atoms with E-state index in [0.717, 1.165) is 6.26 Å². The van der Waals surface area contributed by atoms with Crippen LogP contribution in [-0.4, -0.2) is 57.4 Å². The van der Waals surface area contributed by atoms with Gasteiger partial charge in [0.05, 0.1) is 0 Å². The van der Waals surface area contributed by atoms with Gasteiger partial charge < -0.3 is 16.0 Å². The molecule has 138 valence electrons. The zero-order chi connectivity index (χ0) is 18.5. The highest BCUT2D eigenvalue weighted by molar-refractivity contribution is 7.92. The molecule has 2 rings (SSSR count). The van der Waals surface area contributed by atoms with Crippen LogP contribution in [0.4, 0.5) is 0 Å². The predicted molar refractivity (Wildman–Crippen MR) is 96.5 cm³/mol. The molecular formula is C16H22ClN3O4S. The van der Waals surface area contributed by atoms with Crippen molar-refractivity contribution in [2.45, 2.75) is 17.6 Å². The molecule has 0 saturated carbocycles. The van der Waals surface area contributed by atoms with Crippen LogP contribution >= 0.6 is 11.6 Å². The quantitative estimate of drug-likeness (QED) is 0.611. The van der Waals surface area contributed by atoms with E-state index in [0.29, 0.717) is 23.7 Å². The average molecular weight is 388 g/mol. The fourth-order valence-corrected chi connectivity index (χ4v) is 4.29. The Labute approximate surface area is 152 Å². The van der Waals surface area contributed by atoms with Crippen LogP contribution in [0.3, 0.4) is 0 Å². The lowest BCUT2D eigenvalue weighted by Gasteiger charge is -2.34. The van der Waals surface area contributed by atoms with Crippen molar-refractivity contribution in [2.24, 2.45) is 0 Å². The van der Waals surface area contributed by atoms with E-state index in [4.69, 9.17) is 11.6 Å². The number of halogens is 1. The van der Waals surface area contributed by atoms with Crippen molar-refractivity contribution in [1.82, 2.24) is 16.0 Å². The fourth-order valence-electron chi connectivity index (χ4n) is 2.81. The molecule has 0 unspecified atom stereocenters. The van der Waals surface area contributed by atoms with Crippen LogP contribution in [0.2, 0.25) is 5.02 Å². The van der Waals surface area contributed by atoms with Gasteiger partial charge in [0.2, 0.25) is 5.91 Å². The molecule has 1 fully saturated rings. The number of amides is 2. The zero-order valence-electron chi connectivity index (χ0n) is 14.0. The Bertz CT molecular complexity index is 728. The summed E-state index contributed by atoms with van der Waals surface area (Å²) in [5.41, 5.74) is 0.460. The lowest BCUT2D eigenvalue weighted by atomic mass is 9.96. The lowest BCUT2D eigenvalue weighted by Crippen LogP contribution is -2.57. The number of piperidine rings is 1. The summed E-state index contributed by atoms with van der Waals surface area (Å²) in [5, 5.41) is 8.90. The van der Waals surface area contributed by atoms with E-state index in [1.165, 1.54) is 0 Å². The second kappa shape index (κ2) is 8.16. The molecule has 0 aromatic heterocycles. The average Bonchev–Trinajstić information content (AvgIpc) is 2.58. The first-order valence-electron chi connectivity index (χ1n) is 7.99. The Morgan fingerprint density at radius 3 is 2.24 bits per heavy atom. The van der Waals surface area contributed by atoms with Crippen molar-refractivity contribution in [3.63, 3.8) is 0 Å². The normalized spacial score (nSPS) is 16.9. The maximum atomic E-state index is 12.5. The fraction of sp³-hybridized carbons (Fsp3) is 0.500. The SMILES string of the molecule is CS(=O)(=O)C1(C(=O)NCCNC(=O)c2ccc(Cl)cc2)CCNCC1. The lowest BCUT2D eigenvalue weighted by molar-refractivity contribution is -0.124. The first-order valence-corrected chi connectivity index (χ1v) is 10.3. The summed E-state index contributed by atoms with van der Waals surface area (Å²) in [6.45, 7) is 1.32. The Hall–Kier alpha value is -1.64. The van der Waals surface area contributed by atoms with Crippen molar-refractivity contribution in [2.75, 3.05) is 32.4 Å². The minimum Gasteiger partial charge on any atom is -0.353 e. The maximum Gasteiger partial charge on any atom is 0.251 e. The number of rotatable bonds is 6. The van der Waals surface area contributed by atoms with Gasteiger partial charge in [-0.15, -0.1) is 0 Å². The van der Waals surface area contributed by atoms with Crippen LogP contribution in [0, 0.1) is 0 Å². The van der Waals surface area contributed by atoms with Gasteiger partial charge in [0.1, 0.15) is 0 Å². The standard InChI is InChI=1S/C16H22ClN3O4S/c1-25(23,24)16(6-8-18-9-7-16)15(22)20-11-10-19-14(21)12-2-4-13(17)5-3-12/h2-5,18H,6-11H2,1H3,(H,19,21)(H,20,22). The van der Waals surface area contributed by atoms with Crippen LogP contribution in [0.25, 0.3) is 0 Å². The van der Waals surface area contributed by atoms with Gasteiger partial charge in [-0.1, -0.05) is 11.6 Å². The highest BCUT2D eigenvalue weighted by Crippen LogP contribution is 2.27. The molecule has 1 aromatic carbocycles. The molecule has 9 heteroatoms. The number of carbonyl (C=O) groups excluding carboxylic acids is 2. The minimum atomic E-state index is -3.54. The second-order valence-corrected chi connectivity index (χ2v) is 8.80. The van der Waals surface area contributed by atoms with Crippen LogP contribution in [0.5, 0.6) is 0 Å². The number of hydrogen-bond acceptors (Lipinski definition) is 5. The summed E-state index contributed by atoms with van der Waals surface area (Å²) in [5.74, 6) is -0.789. The largest absolute Gasteiger partial charge is 0.353 e. The Morgan fingerprint density at radius 1 is 1.12 bits per heavy atom. The second-order valence-electron chi connectivity index (χ2n) is 6.04. The van der Waals surface area contributed by atoms with E-state index in [1.807, 2.05) is 0 Å². The number of sulfone groups is 1. The summed E-state index contributed by atoms with van der Waals surface area (Å²) in [7, 11) is -3.54. The minimum absolute atomic E-state index is 0.156. The Balaban J connectivity index is 1.87. The van der Waals surface area contributed by atoms with Gasteiger partial charge in [-0.2, -0.15) is 0 Å². The van der Waals surface area contributed by atoms with Gasteiger partial charge in [0, 0.05) is 29.9 Å². The van der Waals surface area contributed by atoms with E-state index in [-0.39, 0.29) is 31.8 Å². The molecular weight excluding hydrogens is 366 g/mol. The molecule has 7 nitrogen and oxygen atoms in total. The molecule has 0 bridgehead atoms. The maximum absolute atomic E-state index is 12.5. The molecule has 1 heterocycles. The molecule has 0 spiro atoms. The zero-order valence-corrected chi connectivity index (χ0v) is 15.5. The van der Waals surface area contributed by atoms with Gasteiger partial charge in [-0.05, 0) is 50.2 Å². The van der Waals surface area contributed by atoms with E-state index in [1.54, 1.807) is 24.3 Å². The predicted octanol–water partition coefficient (Wildman–Crippen LogP) is 0.353. The van der Waals surface area contributed by atoms with E-state index in [2.05, 4.69) is 16.0 Å². The third-order valence-corrected chi connectivity index (χ3v) is 6.60. The summed E-state index contributed by atoms with van der Waals surface area (Å²) < 4.78 is 22.9. The first kappa shape index (κ1) is 19.7. The molecule has 1 saturated heterocycles. The monoisotopic (exact) mass is 387 g/mol. The third kappa shape index (κ3) is 4.71. The van der Waals surface area contributed by atoms with Crippen molar-refractivity contribution in [3.05, 3.63) is 34.9 Å². The highest BCUT2D eigenvalue weighted by Gasteiger charge is 2.48. The summed E-state index contributed by atoms with van der Waals surface area (Å²) in [4.78, 5) is 24.4. The van der Waals surface area contributed by atoms with Crippen LogP contribution in [0.15, 0.2) is 24.3 Å². The Kier molecular flexibility index (Phi) is 6.42. The van der Waals surface area contributed by atoms with E-state index in [9.17, 15) is 18.0 Å². The van der Waals surface area contributed by atoms with Crippen LogP contribution in [-0.2, 0) is 14.6 Å². The molecule has 0 aliphatic carbocycles. The van der Waals surface area contributed by atoms with Gasteiger partial charge in [0.15, 0.2) is 14.6 Å². The van der Waals surface area contributed by atoms with Crippen molar-refractivity contribution in [3.8, 4) is 0 Å².